The van der Waals surface area contributed by atoms with E-state index in [0.29, 0.717) is 11.1 Å². The summed E-state index contributed by atoms with van der Waals surface area (Å²) in [6.45, 7) is 9.43. The van der Waals surface area contributed by atoms with E-state index in [2.05, 4.69) is 10.4 Å². The molecular weight excluding hydrogens is 313 g/mol. The Hall–Kier alpha value is -1.99. The van der Waals surface area contributed by atoms with Gasteiger partial charge in [-0.1, -0.05) is 26.0 Å². The van der Waals surface area contributed by atoms with Crippen LogP contribution < -0.4 is 10.9 Å². The molecule has 0 heterocycles. The molecule has 0 bridgehead atoms. The molecule has 0 amide bonds. The third-order valence-electron chi connectivity index (χ3n) is 3.19. The summed E-state index contributed by atoms with van der Waals surface area (Å²) in [5.41, 5.74) is 1.98. The number of rotatable bonds is 7. The zero-order chi connectivity index (χ0) is 18.3. The van der Waals surface area contributed by atoms with Crippen LogP contribution in [0.1, 0.15) is 45.7 Å². The Morgan fingerprint density at radius 1 is 1.42 bits per heavy atom. The fourth-order valence-corrected chi connectivity index (χ4v) is 2.07. The lowest BCUT2D eigenvalue weighted by Gasteiger charge is -2.26. The first-order chi connectivity index (χ1) is 11.1. The molecule has 0 aliphatic carbocycles. The van der Waals surface area contributed by atoms with Gasteiger partial charge in [0.25, 0.3) is 0 Å². The van der Waals surface area contributed by atoms with Gasteiger partial charge >= 0.3 is 5.97 Å². The van der Waals surface area contributed by atoms with Gasteiger partial charge < -0.3 is 4.74 Å². The largest absolute Gasteiger partial charge is 0.459 e. The summed E-state index contributed by atoms with van der Waals surface area (Å²) in [5.74, 6) is -0.767. The highest BCUT2D eigenvalue weighted by Crippen LogP contribution is 2.14. The minimum atomic E-state index is -0.571. The number of nitrogens with zero attached hydrogens (tertiary/aromatic N) is 1. The van der Waals surface area contributed by atoms with Crippen LogP contribution in [-0.4, -0.2) is 29.0 Å². The first-order valence-electron chi connectivity index (χ1n) is 7.81. The van der Waals surface area contributed by atoms with Crippen molar-refractivity contribution in [1.82, 2.24) is 10.9 Å². The molecule has 0 saturated carbocycles. The molecule has 0 aliphatic rings. The second-order valence-corrected chi connectivity index (χ2v) is 6.85. The lowest BCUT2D eigenvalue weighted by Crippen LogP contribution is -2.44. The van der Waals surface area contributed by atoms with E-state index in [1.807, 2.05) is 34.6 Å². The van der Waals surface area contributed by atoms with E-state index in [-0.39, 0.29) is 18.4 Å². The summed E-state index contributed by atoms with van der Waals surface area (Å²) in [7, 11) is 0. The molecule has 3 N–H and O–H groups in total. The monoisotopic (exact) mass is 339 g/mol. The Morgan fingerprint density at radius 3 is 2.58 bits per heavy atom. The summed E-state index contributed by atoms with van der Waals surface area (Å²) in [5, 5.41) is 14.9. The third-order valence-corrected chi connectivity index (χ3v) is 3.19. The summed E-state index contributed by atoms with van der Waals surface area (Å²) < 4.78 is 19.5. The van der Waals surface area contributed by atoms with Gasteiger partial charge in [-0.25, -0.2) is 4.39 Å². The minimum absolute atomic E-state index is 0.00458. The molecule has 0 aliphatic heterocycles. The molecule has 1 aromatic rings. The maximum absolute atomic E-state index is 14.1. The average molecular weight is 339 g/mol. The molecule has 1 atom stereocenters. The van der Waals surface area contributed by atoms with Crippen LogP contribution >= 0.6 is 0 Å². The minimum Gasteiger partial charge on any atom is -0.459 e. The summed E-state index contributed by atoms with van der Waals surface area (Å²) >= 11 is 0. The number of hydrogen-bond donors (Lipinski definition) is 3. The zero-order valence-corrected chi connectivity index (χ0v) is 14.8. The highest BCUT2D eigenvalue weighted by atomic mass is 19.1. The van der Waals surface area contributed by atoms with E-state index in [9.17, 15) is 9.18 Å². The van der Waals surface area contributed by atoms with Crippen LogP contribution in [-0.2, 0) is 16.1 Å². The van der Waals surface area contributed by atoms with Crippen molar-refractivity contribution in [2.75, 3.05) is 0 Å². The van der Waals surface area contributed by atoms with Crippen molar-refractivity contribution in [1.29, 1.82) is 0 Å². The molecule has 0 aromatic heterocycles. The maximum Gasteiger partial charge on any atom is 0.323 e. The van der Waals surface area contributed by atoms with Crippen molar-refractivity contribution in [2.45, 2.75) is 52.8 Å². The van der Waals surface area contributed by atoms with E-state index in [4.69, 9.17) is 9.94 Å². The topological polar surface area (TPSA) is 83.0 Å². The fourth-order valence-electron chi connectivity index (χ4n) is 2.07. The first-order valence-corrected chi connectivity index (χ1v) is 7.81. The summed E-state index contributed by atoms with van der Waals surface area (Å²) in [6, 6.07) is 4.05. The van der Waals surface area contributed by atoms with Gasteiger partial charge in [-0.15, -0.1) is 0 Å². The molecule has 0 spiro atoms. The van der Waals surface area contributed by atoms with Gasteiger partial charge in [0.15, 0.2) is 0 Å². The normalized spacial score (nSPS) is 13.3. The van der Waals surface area contributed by atoms with Gasteiger partial charge in [0.1, 0.15) is 17.5 Å². The molecular formula is C17H26FN3O3. The van der Waals surface area contributed by atoms with E-state index < -0.39 is 17.5 Å². The molecule has 0 fully saturated rings. The number of carbonyl (C=O) groups is 1. The van der Waals surface area contributed by atoms with Gasteiger partial charge in [0, 0.05) is 12.1 Å². The van der Waals surface area contributed by atoms with Crippen molar-refractivity contribution in [3.8, 4) is 0 Å². The van der Waals surface area contributed by atoms with Crippen LogP contribution in [0.3, 0.4) is 0 Å². The summed E-state index contributed by atoms with van der Waals surface area (Å²) in [4.78, 5) is 12.3. The molecule has 24 heavy (non-hydrogen) atoms. The second-order valence-electron chi connectivity index (χ2n) is 6.85. The van der Waals surface area contributed by atoms with Crippen LogP contribution in [0, 0.1) is 11.7 Å². The molecule has 7 heteroatoms. The number of halogens is 1. The number of hydrazone groups is 1. The number of ether oxygens (including phenoxy) is 1. The van der Waals surface area contributed by atoms with Crippen LogP contribution in [0.15, 0.2) is 23.3 Å². The molecule has 1 rings (SSSR count). The summed E-state index contributed by atoms with van der Waals surface area (Å²) in [6.07, 6.45) is 1.29. The Bertz CT molecular complexity index is 583. The lowest BCUT2D eigenvalue weighted by atomic mass is 10.0. The van der Waals surface area contributed by atoms with Gasteiger partial charge in [0.05, 0.1) is 6.21 Å². The van der Waals surface area contributed by atoms with Crippen molar-refractivity contribution in [2.24, 2.45) is 11.0 Å². The highest BCUT2D eigenvalue weighted by Gasteiger charge is 2.27. The second kappa shape index (κ2) is 8.75. The number of carbonyl (C=O) groups excluding carboxylic acids is 1. The Labute approximate surface area is 142 Å². The van der Waals surface area contributed by atoms with Gasteiger partial charge in [-0.3, -0.25) is 15.3 Å². The number of esters is 1. The lowest BCUT2D eigenvalue weighted by molar-refractivity contribution is -0.158. The number of hydrogen-bond acceptors (Lipinski definition) is 6. The fraction of sp³-hybridized carbons (Fsp3) is 0.529. The van der Waals surface area contributed by atoms with Crippen molar-refractivity contribution in [3.05, 3.63) is 35.1 Å². The number of nitrogens with one attached hydrogen (secondary N) is 2. The van der Waals surface area contributed by atoms with E-state index in [0.717, 1.165) is 0 Å². The van der Waals surface area contributed by atoms with Crippen LogP contribution in [0.25, 0.3) is 0 Å². The van der Waals surface area contributed by atoms with Crippen LogP contribution in [0.5, 0.6) is 0 Å². The smallest absolute Gasteiger partial charge is 0.323 e. The Morgan fingerprint density at radius 2 is 2.08 bits per heavy atom. The highest BCUT2D eigenvalue weighted by molar-refractivity contribution is 5.79. The van der Waals surface area contributed by atoms with Crippen LogP contribution in [0.2, 0.25) is 0 Å². The number of benzene rings is 1. The maximum atomic E-state index is 14.1. The van der Waals surface area contributed by atoms with Crippen molar-refractivity contribution >= 4 is 12.2 Å². The third kappa shape index (κ3) is 6.64. The van der Waals surface area contributed by atoms with Crippen LogP contribution in [0.4, 0.5) is 4.39 Å². The Kier molecular flexibility index (Phi) is 7.31. The standard InChI is InChI=1S/C17H26FN3O3/c1-11(2)15(16(22)24-17(3,4)5)19-10-13-7-6-12(8-14(13)18)9-20-21-23/h6-9,11,15,19,21,23H,10H2,1-5H3/b20-9-/t15-/m0/s1. The predicted molar refractivity (Wildman–Crippen MR) is 90.2 cm³/mol. The average Bonchev–Trinajstić information content (AvgIpc) is 2.44. The molecule has 0 unspecified atom stereocenters. The van der Waals surface area contributed by atoms with E-state index in [1.165, 1.54) is 12.3 Å². The van der Waals surface area contributed by atoms with Gasteiger partial charge in [0.2, 0.25) is 0 Å². The molecule has 6 nitrogen and oxygen atoms in total. The Balaban J connectivity index is 2.77. The molecule has 134 valence electrons. The van der Waals surface area contributed by atoms with E-state index in [1.54, 1.807) is 17.7 Å². The van der Waals surface area contributed by atoms with Crippen molar-refractivity contribution < 1.29 is 19.1 Å². The molecule has 1 aromatic carbocycles. The van der Waals surface area contributed by atoms with Gasteiger partial charge in [-0.05, 0) is 38.3 Å². The molecule has 0 saturated heterocycles. The van der Waals surface area contributed by atoms with Crippen molar-refractivity contribution in [3.63, 3.8) is 0 Å². The zero-order valence-electron chi connectivity index (χ0n) is 14.8. The first kappa shape index (κ1) is 20.1. The SMILES string of the molecule is CC(C)[C@H](NCc1ccc(/C=N\NO)cc1F)C(=O)OC(C)(C)C. The predicted octanol–water partition coefficient (Wildman–Crippen LogP) is 2.59. The quantitative estimate of drug-likeness (QED) is 0.404. The van der Waals surface area contributed by atoms with Gasteiger partial charge in [-0.2, -0.15) is 10.7 Å². The van der Waals surface area contributed by atoms with E-state index >= 15 is 0 Å². The molecule has 0 radical (unpaired) electrons.